The highest BCUT2D eigenvalue weighted by atomic mass is 32.1. The van der Waals surface area contributed by atoms with E-state index in [1.165, 1.54) is 11.3 Å². The van der Waals surface area contributed by atoms with E-state index in [0.29, 0.717) is 5.01 Å². The Hall–Kier alpha value is -1.91. The summed E-state index contributed by atoms with van der Waals surface area (Å²) in [7, 11) is 0. The molecule has 3 rings (SSSR count). The second kappa shape index (κ2) is 4.76. The van der Waals surface area contributed by atoms with E-state index < -0.39 is 6.10 Å². The fourth-order valence-corrected chi connectivity index (χ4v) is 2.55. The van der Waals surface area contributed by atoms with Crippen molar-refractivity contribution in [1.82, 2.24) is 4.98 Å². The highest BCUT2D eigenvalue weighted by Crippen LogP contribution is 2.29. The molecule has 2 aromatic heterocycles. The van der Waals surface area contributed by atoms with Gasteiger partial charge in [-0.2, -0.15) is 0 Å². The summed E-state index contributed by atoms with van der Waals surface area (Å²) in [4.78, 5) is 4.40. The van der Waals surface area contributed by atoms with Crippen LogP contribution >= 0.6 is 11.3 Å². The minimum Gasteiger partial charge on any atom is -0.463 e. The monoisotopic (exact) mass is 257 g/mol. The molecule has 1 aromatic carbocycles. The lowest BCUT2D eigenvalue weighted by molar-refractivity contribution is 0.220. The van der Waals surface area contributed by atoms with Crippen LogP contribution < -0.4 is 0 Å². The molecule has 1 N–H and O–H groups in total. The maximum absolute atomic E-state index is 10.2. The number of rotatable bonds is 3. The van der Waals surface area contributed by atoms with Crippen LogP contribution in [0.5, 0.6) is 0 Å². The lowest BCUT2D eigenvalue weighted by Crippen LogP contribution is -1.98. The number of hydrogen-bond acceptors (Lipinski definition) is 4. The van der Waals surface area contributed by atoms with Crippen LogP contribution in [0.4, 0.5) is 0 Å². The first-order valence-corrected chi connectivity index (χ1v) is 6.45. The quantitative estimate of drug-likeness (QED) is 0.781. The first-order chi connectivity index (χ1) is 8.84. The topological polar surface area (TPSA) is 46.3 Å². The normalized spacial score (nSPS) is 12.5. The van der Waals surface area contributed by atoms with Crippen LogP contribution in [-0.2, 0) is 0 Å². The predicted molar refractivity (Wildman–Crippen MR) is 70.3 cm³/mol. The van der Waals surface area contributed by atoms with Crippen molar-refractivity contribution in [3.8, 4) is 11.5 Å². The van der Waals surface area contributed by atoms with E-state index in [4.69, 9.17) is 4.42 Å². The van der Waals surface area contributed by atoms with Gasteiger partial charge in [-0.3, -0.25) is 0 Å². The van der Waals surface area contributed by atoms with Crippen LogP contribution in [0.1, 0.15) is 16.7 Å². The Bertz CT molecular complexity index is 616. The average Bonchev–Trinajstić information content (AvgIpc) is 3.09. The molecule has 0 fully saturated rings. The first kappa shape index (κ1) is 11.2. The van der Waals surface area contributed by atoms with Gasteiger partial charge in [-0.05, 0) is 17.7 Å². The highest BCUT2D eigenvalue weighted by molar-refractivity contribution is 7.10. The zero-order chi connectivity index (χ0) is 12.4. The Morgan fingerprint density at radius 2 is 1.94 bits per heavy atom. The molecule has 0 aliphatic carbocycles. The van der Waals surface area contributed by atoms with Crippen LogP contribution in [0.2, 0.25) is 0 Å². The number of aliphatic hydroxyl groups excluding tert-OH is 1. The maximum Gasteiger partial charge on any atom is 0.153 e. The van der Waals surface area contributed by atoms with Gasteiger partial charge in [0.15, 0.2) is 5.76 Å². The van der Waals surface area contributed by atoms with Crippen molar-refractivity contribution < 1.29 is 9.52 Å². The predicted octanol–water partition coefficient (Wildman–Crippen LogP) is 3.48. The van der Waals surface area contributed by atoms with E-state index in [1.54, 1.807) is 6.26 Å². The molecule has 0 aliphatic heterocycles. The van der Waals surface area contributed by atoms with Gasteiger partial charge in [0.05, 0.1) is 6.26 Å². The number of aromatic nitrogens is 1. The van der Waals surface area contributed by atoms with Crippen molar-refractivity contribution in [3.05, 3.63) is 64.7 Å². The van der Waals surface area contributed by atoms with Crippen LogP contribution in [0, 0.1) is 0 Å². The molecule has 3 aromatic rings. The van der Waals surface area contributed by atoms with E-state index in [9.17, 15) is 5.11 Å². The van der Waals surface area contributed by atoms with E-state index in [1.807, 2.05) is 47.8 Å². The maximum atomic E-state index is 10.2. The summed E-state index contributed by atoms with van der Waals surface area (Å²) in [6, 6.07) is 13.2. The zero-order valence-electron chi connectivity index (χ0n) is 9.48. The SMILES string of the molecule is OC(c1ccccc1)c1nc(-c2ccco2)cs1. The summed E-state index contributed by atoms with van der Waals surface area (Å²) < 4.78 is 5.28. The van der Waals surface area contributed by atoms with Gasteiger partial charge in [-0.15, -0.1) is 11.3 Å². The minimum absolute atomic E-state index is 0.674. The summed E-state index contributed by atoms with van der Waals surface area (Å²) in [5.74, 6) is 0.720. The van der Waals surface area contributed by atoms with Gasteiger partial charge in [-0.25, -0.2) is 4.98 Å². The number of aliphatic hydroxyl groups is 1. The third kappa shape index (κ3) is 2.08. The molecule has 0 bridgehead atoms. The number of benzene rings is 1. The van der Waals surface area contributed by atoms with Crippen molar-refractivity contribution >= 4 is 11.3 Å². The van der Waals surface area contributed by atoms with Gasteiger partial charge in [0.1, 0.15) is 16.8 Å². The fraction of sp³-hybridized carbons (Fsp3) is 0.0714. The summed E-state index contributed by atoms with van der Waals surface area (Å²) in [6.07, 6.45) is 0.932. The van der Waals surface area contributed by atoms with Crippen LogP contribution in [0.3, 0.4) is 0 Å². The zero-order valence-corrected chi connectivity index (χ0v) is 10.3. The molecule has 1 unspecified atom stereocenters. The molecule has 0 amide bonds. The molecule has 18 heavy (non-hydrogen) atoms. The molecule has 4 heteroatoms. The molecular formula is C14H11NO2S. The number of thiazole rings is 1. The van der Waals surface area contributed by atoms with E-state index in [2.05, 4.69) is 4.98 Å². The van der Waals surface area contributed by atoms with Gasteiger partial charge in [-0.1, -0.05) is 30.3 Å². The van der Waals surface area contributed by atoms with Gasteiger partial charge < -0.3 is 9.52 Å². The molecular weight excluding hydrogens is 246 g/mol. The molecule has 0 spiro atoms. The number of hydrogen-bond donors (Lipinski definition) is 1. The second-order valence-corrected chi connectivity index (χ2v) is 4.75. The van der Waals surface area contributed by atoms with Crippen LogP contribution in [-0.4, -0.2) is 10.1 Å². The van der Waals surface area contributed by atoms with Gasteiger partial charge in [0, 0.05) is 5.38 Å². The Labute approximate surface area is 108 Å². The Balaban J connectivity index is 1.90. The Kier molecular flexibility index (Phi) is 2.96. The van der Waals surface area contributed by atoms with Crippen molar-refractivity contribution in [1.29, 1.82) is 0 Å². The average molecular weight is 257 g/mol. The van der Waals surface area contributed by atoms with E-state index in [0.717, 1.165) is 17.0 Å². The molecule has 0 saturated carbocycles. The summed E-state index contributed by atoms with van der Waals surface area (Å²) in [5.41, 5.74) is 1.60. The highest BCUT2D eigenvalue weighted by Gasteiger charge is 2.15. The van der Waals surface area contributed by atoms with Crippen molar-refractivity contribution in [2.24, 2.45) is 0 Å². The third-order valence-corrected chi connectivity index (χ3v) is 3.54. The van der Waals surface area contributed by atoms with Crippen molar-refractivity contribution in [2.75, 3.05) is 0 Å². The molecule has 0 saturated heterocycles. The van der Waals surface area contributed by atoms with Crippen molar-refractivity contribution in [2.45, 2.75) is 6.10 Å². The lowest BCUT2D eigenvalue weighted by atomic mass is 10.1. The van der Waals surface area contributed by atoms with Gasteiger partial charge in [0.25, 0.3) is 0 Å². The molecule has 90 valence electrons. The Morgan fingerprint density at radius 3 is 2.67 bits per heavy atom. The number of nitrogens with zero attached hydrogens (tertiary/aromatic N) is 1. The largest absolute Gasteiger partial charge is 0.463 e. The molecule has 3 nitrogen and oxygen atoms in total. The van der Waals surface area contributed by atoms with E-state index in [-0.39, 0.29) is 0 Å². The first-order valence-electron chi connectivity index (χ1n) is 5.57. The molecule has 0 aliphatic rings. The van der Waals surface area contributed by atoms with Crippen molar-refractivity contribution in [3.63, 3.8) is 0 Å². The fourth-order valence-electron chi connectivity index (χ4n) is 1.73. The van der Waals surface area contributed by atoms with E-state index >= 15 is 0 Å². The van der Waals surface area contributed by atoms with Gasteiger partial charge in [0.2, 0.25) is 0 Å². The number of furan rings is 1. The van der Waals surface area contributed by atoms with Crippen LogP contribution in [0.25, 0.3) is 11.5 Å². The smallest absolute Gasteiger partial charge is 0.153 e. The second-order valence-electron chi connectivity index (χ2n) is 3.86. The van der Waals surface area contributed by atoms with Gasteiger partial charge >= 0.3 is 0 Å². The standard InChI is InChI=1S/C14H11NO2S/c16-13(10-5-2-1-3-6-10)14-15-11(9-18-14)12-7-4-8-17-12/h1-9,13,16H. The molecule has 2 heterocycles. The van der Waals surface area contributed by atoms with Crippen LogP contribution in [0.15, 0.2) is 58.5 Å². The lowest BCUT2D eigenvalue weighted by Gasteiger charge is -2.06. The molecule has 0 radical (unpaired) electrons. The summed E-state index contributed by atoms with van der Waals surface area (Å²) >= 11 is 1.43. The Morgan fingerprint density at radius 1 is 1.11 bits per heavy atom. The summed E-state index contributed by atoms with van der Waals surface area (Å²) in [5, 5.41) is 12.8. The third-order valence-electron chi connectivity index (χ3n) is 2.64. The minimum atomic E-state index is -0.681. The summed E-state index contributed by atoms with van der Waals surface area (Å²) in [6.45, 7) is 0. The molecule has 1 atom stereocenters.